The molecular weight excluding hydrogens is 270 g/mol. The first-order valence-corrected chi connectivity index (χ1v) is 6.38. The molecular formula is C16H15NO4. The van der Waals surface area contributed by atoms with E-state index in [4.69, 9.17) is 4.74 Å². The van der Waals surface area contributed by atoms with Crippen molar-refractivity contribution in [1.29, 1.82) is 0 Å². The Morgan fingerprint density at radius 3 is 2.48 bits per heavy atom. The van der Waals surface area contributed by atoms with Crippen LogP contribution in [0.4, 0.5) is 10.5 Å². The minimum absolute atomic E-state index is 0.138. The Bertz CT molecular complexity index is 653. The van der Waals surface area contributed by atoms with Gasteiger partial charge in [-0.2, -0.15) is 0 Å². The second-order valence-electron chi connectivity index (χ2n) is 4.47. The molecule has 0 bridgehead atoms. The van der Waals surface area contributed by atoms with Gasteiger partial charge in [-0.1, -0.05) is 30.3 Å². The Morgan fingerprint density at radius 2 is 1.86 bits per heavy atom. The number of hydrogen-bond donors (Lipinski definition) is 2. The number of benzene rings is 2. The van der Waals surface area contributed by atoms with Crippen LogP contribution in [0.25, 0.3) is 0 Å². The van der Waals surface area contributed by atoms with E-state index in [0.717, 1.165) is 5.56 Å². The molecule has 0 heterocycles. The van der Waals surface area contributed by atoms with Crippen LogP contribution < -0.4 is 5.32 Å². The highest BCUT2D eigenvalue weighted by Crippen LogP contribution is 2.24. The van der Waals surface area contributed by atoms with Gasteiger partial charge < -0.3 is 9.84 Å². The van der Waals surface area contributed by atoms with Crippen LogP contribution in [0.15, 0.2) is 48.5 Å². The Hall–Kier alpha value is -2.82. The second kappa shape index (κ2) is 6.56. The molecule has 5 heteroatoms. The number of rotatable bonds is 4. The average molecular weight is 285 g/mol. The molecule has 108 valence electrons. The average Bonchev–Trinajstić information content (AvgIpc) is 2.48. The van der Waals surface area contributed by atoms with E-state index in [1.54, 1.807) is 0 Å². The molecule has 0 atom stereocenters. The summed E-state index contributed by atoms with van der Waals surface area (Å²) in [5.74, 6) is -0.345. The standard InChI is InChI=1S/C16H15NO4/c1-11(18)13-7-8-14(15(19)9-13)17-16(20)21-10-12-5-3-2-4-6-12/h2-9,19H,10H2,1H3,(H,17,20). The molecule has 0 saturated heterocycles. The van der Waals surface area contributed by atoms with E-state index < -0.39 is 6.09 Å². The molecule has 0 aliphatic rings. The Labute approximate surface area is 122 Å². The number of carbonyl (C=O) groups is 2. The van der Waals surface area contributed by atoms with Gasteiger partial charge in [-0.05, 0) is 30.7 Å². The molecule has 2 rings (SSSR count). The number of aromatic hydroxyl groups is 1. The summed E-state index contributed by atoms with van der Waals surface area (Å²) in [6.45, 7) is 1.54. The van der Waals surface area contributed by atoms with Crippen LogP contribution in [0.1, 0.15) is 22.8 Å². The van der Waals surface area contributed by atoms with Crippen molar-refractivity contribution in [2.24, 2.45) is 0 Å². The number of phenolic OH excluding ortho intramolecular Hbond substituents is 1. The highest BCUT2D eigenvalue weighted by molar-refractivity contribution is 5.96. The van der Waals surface area contributed by atoms with Gasteiger partial charge in [-0.25, -0.2) is 4.79 Å². The lowest BCUT2D eigenvalue weighted by Crippen LogP contribution is -2.13. The Balaban J connectivity index is 1.95. The number of ether oxygens (including phenoxy) is 1. The van der Waals surface area contributed by atoms with Crippen LogP contribution in [-0.2, 0) is 11.3 Å². The van der Waals surface area contributed by atoms with Crippen LogP contribution in [0.5, 0.6) is 5.75 Å². The van der Waals surface area contributed by atoms with Crippen LogP contribution in [-0.4, -0.2) is 17.0 Å². The highest BCUT2D eigenvalue weighted by Gasteiger charge is 2.09. The van der Waals surface area contributed by atoms with Crippen molar-refractivity contribution in [2.75, 3.05) is 5.32 Å². The summed E-state index contributed by atoms with van der Waals surface area (Å²) in [7, 11) is 0. The van der Waals surface area contributed by atoms with Crippen LogP contribution in [0, 0.1) is 0 Å². The van der Waals surface area contributed by atoms with Gasteiger partial charge in [0.15, 0.2) is 5.78 Å². The second-order valence-corrected chi connectivity index (χ2v) is 4.47. The van der Waals surface area contributed by atoms with Gasteiger partial charge >= 0.3 is 6.09 Å². The summed E-state index contributed by atoms with van der Waals surface area (Å²) >= 11 is 0. The van der Waals surface area contributed by atoms with E-state index >= 15 is 0 Å². The smallest absolute Gasteiger partial charge is 0.412 e. The molecule has 0 saturated carbocycles. The number of phenols is 1. The normalized spacial score (nSPS) is 9.95. The van der Waals surface area contributed by atoms with Crippen molar-refractivity contribution >= 4 is 17.6 Å². The monoisotopic (exact) mass is 285 g/mol. The van der Waals surface area contributed by atoms with Crippen molar-refractivity contribution in [1.82, 2.24) is 0 Å². The quantitative estimate of drug-likeness (QED) is 0.667. The number of carbonyl (C=O) groups excluding carboxylic acids is 2. The molecule has 0 fully saturated rings. The topological polar surface area (TPSA) is 75.6 Å². The molecule has 2 N–H and O–H groups in total. The van der Waals surface area contributed by atoms with Crippen molar-refractivity contribution in [3.05, 3.63) is 59.7 Å². The molecule has 0 aliphatic carbocycles. The number of hydrogen-bond acceptors (Lipinski definition) is 4. The predicted molar refractivity (Wildman–Crippen MR) is 78.4 cm³/mol. The fourth-order valence-electron chi connectivity index (χ4n) is 1.73. The van der Waals surface area contributed by atoms with E-state index in [1.165, 1.54) is 25.1 Å². The molecule has 0 radical (unpaired) electrons. The lowest BCUT2D eigenvalue weighted by molar-refractivity contribution is 0.101. The molecule has 2 aromatic rings. The van der Waals surface area contributed by atoms with Gasteiger partial charge in [-0.15, -0.1) is 0 Å². The number of anilines is 1. The summed E-state index contributed by atoms with van der Waals surface area (Å²) in [5.41, 5.74) is 1.43. The van der Waals surface area contributed by atoms with Gasteiger partial charge in [0, 0.05) is 5.56 Å². The van der Waals surface area contributed by atoms with Gasteiger partial charge in [0.05, 0.1) is 5.69 Å². The molecule has 0 aromatic heterocycles. The van der Waals surface area contributed by atoms with Gasteiger partial charge in [-0.3, -0.25) is 10.1 Å². The minimum atomic E-state index is -0.676. The largest absolute Gasteiger partial charge is 0.506 e. The Kier molecular flexibility index (Phi) is 4.56. The molecule has 0 aliphatic heterocycles. The van der Waals surface area contributed by atoms with E-state index in [2.05, 4.69) is 5.32 Å². The third-order valence-corrected chi connectivity index (χ3v) is 2.85. The zero-order chi connectivity index (χ0) is 15.2. The zero-order valence-corrected chi connectivity index (χ0v) is 11.5. The first kappa shape index (κ1) is 14.6. The van der Waals surface area contributed by atoms with Gasteiger partial charge in [0.1, 0.15) is 12.4 Å². The molecule has 0 unspecified atom stereocenters. The maximum Gasteiger partial charge on any atom is 0.412 e. The minimum Gasteiger partial charge on any atom is -0.506 e. The molecule has 2 aromatic carbocycles. The SMILES string of the molecule is CC(=O)c1ccc(NC(=O)OCc2ccccc2)c(O)c1. The molecule has 0 spiro atoms. The summed E-state index contributed by atoms with van der Waals surface area (Å²) in [6, 6.07) is 13.5. The highest BCUT2D eigenvalue weighted by atomic mass is 16.5. The van der Waals surface area contributed by atoms with Gasteiger partial charge in [0.25, 0.3) is 0 Å². The van der Waals surface area contributed by atoms with Gasteiger partial charge in [0.2, 0.25) is 0 Å². The predicted octanol–water partition coefficient (Wildman–Crippen LogP) is 3.34. The summed E-state index contributed by atoms with van der Waals surface area (Å²) < 4.78 is 5.04. The maximum absolute atomic E-state index is 11.6. The number of Topliss-reactive ketones (excluding diaryl/α,β-unsaturated/α-hetero) is 1. The fraction of sp³-hybridized carbons (Fsp3) is 0.125. The van der Waals surface area contributed by atoms with Crippen molar-refractivity contribution < 1.29 is 19.4 Å². The number of nitrogens with one attached hydrogen (secondary N) is 1. The van der Waals surface area contributed by atoms with E-state index in [-0.39, 0.29) is 23.8 Å². The molecule has 1 amide bonds. The lowest BCUT2D eigenvalue weighted by Gasteiger charge is -2.09. The van der Waals surface area contributed by atoms with Crippen LogP contribution in [0.3, 0.4) is 0 Å². The van der Waals surface area contributed by atoms with Crippen molar-refractivity contribution in [2.45, 2.75) is 13.5 Å². The first-order valence-electron chi connectivity index (χ1n) is 6.38. The Morgan fingerprint density at radius 1 is 1.14 bits per heavy atom. The molecule has 21 heavy (non-hydrogen) atoms. The first-order chi connectivity index (χ1) is 10.1. The van der Waals surface area contributed by atoms with Crippen molar-refractivity contribution in [3.63, 3.8) is 0 Å². The lowest BCUT2D eigenvalue weighted by atomic mass is 10.1. The maximum atomic E-state index is 11.6. The van der Waals surface area contributed by atoms with E-state index in [1.807, 2.05) is 30.3 Å². The van der Waals surface area contributed by atoms with Crippen LogP contribution in [0.2, 0.25) is 0 Å². The third kappa shape index (κ3) is 4.07. The van der Waals surface area contributed by atoms with Crippen LogP contribution >= 0.6 is 0 Å². The summed E-state index contributed by atoms with van der Waals surface area (Å²) in [5, 5.41) is 12.2. The summed E-state index contributed by atoms with van der Waals surface area (Å²) in [4.78, 5) is 22.8. The summed E-state index contributed by atoms with van der Waals surface area (Å²) in [6.07, 6.45) is -0.676. The van der Waals surface area contributed by atoms with E-state index in [9.17, 15) is 14.7 Å². The molecule has 5 nitrogen and oxygen atoms in total. The van der Waals surface area contributed by atoms with Crippen molar-refractivity contribution in [3.8, 4) is 5.75 Å². The number of amides is 1. The fourth-order valence-corrected chi connectivity index (χ4v) is 1.73. The zero-order valence-electron chi connectivity index (χ0n) is 11.5. The number of ketones is 1. The van der Waals surface area contributed by atoms with E-state index in [0.29, 0.717) is 5.56 Å². The third-order valence-electron chi connectivity index (χ3n) is 2.85.